The second-order valence-electron chi connectivity index (χ2n) is 5.29. The van der Waals surface area contributed by atoms with E-state index in [1.165, 1.54) is 18.2 Å². The summed E-state index contributed by atoms with van der Waals surface area (Å²) in [5, 5.41) is 30.9. The number of hydrogen-bond acceptors (Lipinski definition) is 4. The van der Waals surface area contributed by atoms with E-state index in [4.69, 9.17) is 0 Å². The minimum atomic E-state index is -3.39. The molecule has 0 radical (unpaired) electrons. The molecule has 0 aliphatic carbocycles. The van der Waals surface area contributed by atoms with Crippen LogP contribution in [0.3, 0.4) is 0 Å². The highest BCUT2D eigenvalue weighted by atomic mass is 31.2. The summed E-state index contributed by atoms with van der Waals surface area (Å²) in [6.45, 7) is 0. The molecule has 0 amide bonds. The Morgan fingerprint density at radius 3 is 1.79 bits per heavy atom. The van der Waals surface area contributed by atoms with Gasteiger partial charge in [-0.25, -0.2) is 5.21 Å². The third-order valence-electron chi connectivity index (χ3n) is 3.80. The number of rotatable bonds is 4. The Kier molecular flexibility index (Phi) is 4.51. The van der Waals surface area contributed by atoms with Crippen molar-refractivity contribution in [3.63, 3.8) is 0 Å². The Morgan fingerprint density at radius 1 is 0.833 bits per heavy atom. The molecule has 3 aromatic rings. The Bertz CT molecular complexity index is 839. The van der Waals surface area contributed by atoms with E-state index in [9.17, 15) is 20.1 Å². The maximum atomic E-state index is 14.1. The van der Waals surface area contributed by atoms with Gasteiger partial charge in [0.05, 0.1) is 5.30 Å². The smallest absolute Gasteiger partial charge is 0.174 e. The average Bonchev–Trinajstić information content (AvgIpc) is 2.62. The van der Waals surface area contributed by atoms with Gasteiger partial charge in [-0.2, -0.15) is 5.23 Å². The van der Waals surface area contributed by atoms with Gasteiger partial charge in [0.1, 0.15) is 5.75 Å². The van der Waals surface area contributed by atoms with Crippen molar-refractivity contribution >= 4 is 28.7 Å². The van der Waals surface area contributed by atoms with Crippen LogP contribution in [0.15, 0.2) is 78.9 Å². The van der Waals surface area contributed by atoms with E-state index >= 15 is 0 Å². The quantitative estimate of drug-likeness (QED) is 0.381. The predicted molar refractivity (Wildman–Crippen MR) is 93.3 cm³/mol. The third kappa shape index (κ3) is 2.86. The zero-order valence-electron chi connectivity index (χ0n) is 12.7. The van der Waals surface area contributed by atoms with E-state index in [0.29, 0.717) is 10.6 Å². The van der Waals surface area contributed by atoms with E-state index in [2.05, 4.69) is 0 Å². The first-order chi connectivity index (χ1) is 11.5. The Hall–Kier alpha value is -2.43. The van der Waals surface area contributed by atoms with Gasteiger partial charge in [-0.3, -0.25) is 0 Å². The largest absolute Gasteiger partial charge is 0.595 e. The first kappa shape index (κ1) is 16.4. The van der Waals surface area contributed by atoms with Gasteiger partial charge in [0, 0.05) is 22.7 Å². The fraction of sp³-hybridized carbons (Fsp3) is 0. The SMILES string of the molecule is O=P(c1ccccc1)(c1ccccc1)c1cc([NH+]([O-])O)ccc1O. The third-order valence-corrected chi connectivity index (χ3v) is 6.89. The zero-order chi connectivity index (χ0) is 17.2. The topological polar surface area (TPSA) is 85.0 Å². The second kappa shape index (κ2) is 6.59. The van der Waals surface area contributed by atoms with Gasteiger partial charge in [0.2, 0.25) is 0 Å². The molecule has 3 rings (SSSR count). The average molecular weight is 341 g/mol. The molecule has 0 bridgehead atoms. The van der Waals surface area contributed by atoms with Gasteiger partial charge in [0.15, 0.2) is 12.8 Å². The van der Waals surface area contributed by atoms with Crippen molar-refractivity contribution in [3.8, 4) is 5.75 Å². The number of benzene rings is 3. The van der Waals surface area contributed by atoms with E-state index in [-0.39, 0.29) is 16.7 Å². The molecular weight excluding hydrogens is 325 g/mol. The molecular formula is C18H16NO4P. The normalized spacial score (nSPS) is 12.8. The number of hydrogen-bond donors (Lipinski definition) is 3. The van der Waals surface area contributed by atoms with Crippen LogP contribution in [-0.4, -0.2) is 10.3 Å². The maximum absolute atomic E-state index is 14.1. The molecule has 0 fully saturated rings. The molecule has 0 spiro atoms. The molecule has 24 heavy (non-hydrogen) atoms. The van der Waals surface area contributed by atoms with Crippen LogP contribution in [0.25, 0.3) is 0 Å². The van der Waals surface area contributed by atoms with Crippen molar-refractivity contribution in [3.05, 3.63) is 84.1 Å². The molecule has 6 heteroatoms. The summed E-state index contributed by atoms with van der Waals surface area (Å²) in [5.41, 5.74) is -0.0186. The van der Waals surface area contributed by atoms with Gasteiger partial charge >= 0.3 is 0 Å². The van der Waals surface area contributed by atoms with Crippen LogP contribution in [0.1, 0.15) is 0 Å². The highest BCUT2D eigenvalue weighted by Crippen LogP contribution is 2.45. The van der Waals surface area contributed by atoms with E-state index in [1.807, 2.05) is 12.1 Å². The molecule has 0 heterocycles. The highest BCUT2D eigenvalue weighted by molar-refractivity contribution is 7.85. The summed E-state index contributed by atoms with van der Waals surface area (Å²) >= 11 is 0. The maximum Gasteiger partial charge on any atom is 0.174 e. The van der Waals surface area contributed by atoms with Crippen molar-refractivity contribution in [1.29, 1.82) is 0 Å². The Morgan fingerprint density at radius 2 is 1.33 bits per heavy atom. The summed E-state index contributed by atoms with van der Waals surface area (Å²) in [5.74, 6) is -0.184. The van der Waals surface area contributed by atoms with Crippen LogP contribution < -0.4 is 21.1 Å². The summed E-state index contributed by atoms with van der Waals surface area (Å²) in [7, 11) is -3.39. The minimum Gasteiger partial charge on any atom is -0.595 e. The lowest BCUT2D eigenvalue weighted by Crippen LogP contribution is -2.99. The summed E-state index contributed by atoms with van der Waals surface area (Å²) in [6.07, 6.45) is 0. The molecule has 1 unspecified atom stereocenters. The van der Waals surface area contributed by atoms with Gasteiger partial charge < -0.3 is 14.9 Å². The zero-order valence-corrected chi connectivity index (χ0v) is 13.6. The van der Waals surface area contributed by atoms with Crippen molar-refractivity contribution in [2.75, 3.05) is 0 Å². The fourth-order valence-corrected chi connectivity index (χ4v) is 5.37. The Labute approximate surface area is 139 Å². The van der Waals surface area contributed by atoms with Crippen LogP contribution in [0.2, 0.25) is 0 Å². The molecule has 3 aromatic carbocycles. The van der Waals surface area contributed by atoms with Gasteiger partial charge in [-0.1, -0.05) is 60.7 Å². The fourth-order valence-electron chi connectivity index (χ4n) is 2.61. The highest BCUT2D eigenvalue weighted by Gasteiger charge is 2.33. The Balaban J connectivity index is 2.32. The molecule has 1 atom stereocenters. The monoisotopic (exact) mass is 341 g/mol. The van der Waals surface area contributed by atoms with Gasteiger partial charge in [0.25, 0.3) is 0 Å². The first-order valence-electron chi connectivity index (χ1n) is 7.31. The lowest BCUT2D eigenvalue weighted by molar-refractivity contribution is -0.991. The van der Waals surface area contributed by atoms with E-state index in [1.54, 1.807) is 48.5 Å². The van der Waals surface area contributed by atoms with Crippen LogP contribution in [0.4, 0.5) is 5.69 Å². The lowest BCUT2D eigenvalue weighted by atomic mass is 10.3. The molecule has 5 nitrogen and oxygen atoms in total. The number of phenols is 1. The number of quaternary nitrogens is 1. The minimum absolute atomic E-state index is 0.0186. The molecule has 0 aromatic heterocycles. The molecule has 0 aliphatic rings. The van der Waals surface area contributed by atoms with Crippen molar-refractivity contribution in [2.24, 2.45) is 0 Å². The molecule has 122 valence electrons. The molecule has 3 N–H and O–H groups in total. The van der Waals surface area contributed by atoms with Crippen LogP contribution in [0, 0.1) is 5.21 Å². The van der Waals surface area contributed by atoms with Crippen LogP contribution in [-0.2, 0) is 4.57 Å². The summed E-state index contributed by atoms with van der Waals surface area (Å²) < 4.78 is 14.1. The number of phenolic OH excluding ortho intramolecular Hbond substituents is 1. The standard InChI is InChI=1S/C18H16NO4P/c20-17-12-11-14(19(21)22)13-18(17)24(23,15-7-3-1-4-8-15)16-9-5-2-6-10-16/h1-13,19-21H. The van der Waals surface area contributed by atoms with Crippen molar-refractivity contribution in [2.45, 2.75) is 0 Å². The molecule has 0 aliphatic heterocycles. The van der Waals surface area contributed by atoms with E-state index in [0.717, 1.165) is 0 Å². The van der Waals surface area contributed by atoms with E-state index < -0.39 is 12.4 Å². The number of nitrogens with one attached hydrogen (secondary N) is 1. The second-order valence-corrected chi connectivity index (χ2v) is 8.02. The van der Waals surface area contributed by atoms with Crippen molar-refractivity contribution < 1.29 is 20.1 Å². The van der Waals surface area contributed by atoms with Crippen LogP contribution in [0.5, 0.6) is 5.75 Å². The summed E-state index contributed by atoms with van der Waals surface area (Å²) in [6, 6.07) is 21.4. The lowest BCUT2D eigenvalue weighted by Gasteiger charge is -2.22. The number of aromatic hydroxyl groups is 1. The van der Waals surface area contributed by atoms with Gasteiger partial charge in [-0.05, 0) is 6.07 Å². The summed E-state index contributed by atoms with van der Waals surface area (Å²) in [4.78, 5) is 0. The molecule has 0 saturated carbocycles. The molecule has 0 saturated heterocycles. The first-order valence-corrected chi connectivity index (χ1v) is 9.02. The van der Waals surface area contributed by atoms with Crippen molar-refractivity contribution in [1.82, 2.24) is 0 Å². The predicted octanol–water partition coefficient (Wildman–Crippen LogP) is 1.43. The van der Waals surface area contributed by atoms with Crippen LogP contribution >= 0.6 is 7.14 Å². The van der Waals surface area contributed by atoms with Gasteiger partial charge in [-0.15, -0.1) is 0 Å².